The lowest BCUT2D eigenvalue weighted by molar-refractivity contribution is 0.0692. The van der Waals surface area contributed by atoms with Crippen molar-refractivity contribution in [1.82, 2.24) is 9.97 Å². The minimum Gasteiger partial charge on any atom is -0.476 e. The number of nitrogens with zero attached hydrogens (tertiary/aromatic N) is 2. The third-order valence-corrected chi connectivity index (χ3v) is 3.03. The van der Waals surface area contributed by atoms with Crippen molar-refractivity contribution in [1.29, 1.82) is 0 Å². The number of anilines is 1. The fourth-order valence-electron chi connectivity index (χ4n) is 1.29. The second-order valence-electron chi connectivity index (χ2n) is 3.44. The maximum atomic E-state index is 10.8. The Balaban J connectivity index is 2.07. The molecule has 0 bridgehead atoms. The minimum atomic E-state index is -1.05. The molecule has 0 amide bonds. The Bertz CT molecular complexity index is 527. The fraction of sp³-hybridized carbons (Fsp3) is 0.300. The van der Waals surface area contributed by atoms with Crippen molar-refractivity contribution in [3.8, 4) is 0 Å². The predicted octanol–water partition coefficient (Wildman–Crippen LogP) is 2.06. The van der Waals surface area contributed by atoms with Crippen LogP contribution in [-0.2, 0) is 6.54 Å². The third kappa shape index (κ3) is 2.44. The van der Waals surface area contributed by atoms with Crippen LogP contribution in [0.25, 0.3) is 0 Å². The van der Waals surface area contributed by atoms with Crippen molar-refractivity contribution in [2.45, 2.75) is 20.4 Å². The molecule has 2 heterocycles. The average molecular weight is 253 g/mol. The van der Waals surface area contributed by atoms with Crippen LogP contribution in [0.1, 0.15) is 27.8 Å². The molecule has 0 atom stereocenters. The molecule has 0 aliphatic rings. The number of rotatable bonds is 4. The van der Waals surface area contributed by atoms with Crippen LogP contribution in [0.5, 0.6) is 0 Å². The number of aryl methyl sites for hydroxylation is 2. The van der Waals surface area contributed by atoms with Crippen molar-refractivity contribution >= 4 is 22.3 Å². The van der Waals surface area contributed by atoms with E-state index in [1.807, 2.05) is 13.8 Å². The number of nitrogens with one attached hydrogen (secondary N) is 1. The highest BCUT2D eigenvalue weighted by molar-refractivity contribution is 7.14. The molecule has 0 saturated heterocycles. The zero-order valence-corrected chi connectivity index (χ0v) is 10.2. The standard InChI is InChI=1S/C10H11N3O3S/c1-5-6(2)16-7(13-5)3-11-9-8(10(14)15)12-4-17-9/h4,11H,3H2,1-2H3,(H,14,15). The van der Waals surface area contributed by atoms with Gasteiger partial charge in [-0.3, -0.25) is 0 Å². The largest absolute Gasteiger partial charge is 0.476 e. The van der Waals surface area contributed by atoms with Gasteiger partial charge in [0.25, 0.3) is 0 Å². The van der Waals surface area contributed by atoms with Crippen LogP contribution in [0.15, 0.2) is 9.93 Å². The molecular weight excluding hydrogens is 242 g/mol. The number of oxazole rings is 1. The number of thiazole rings is 1. The Morgan fingerprint density at radius 3 is 2.94 bits per heavy atom. The molecule has 2 rings (SSSR count). The lowest BCUT2D eigenvalue weighted by Crippen LogP contribution is -2.04. The summed E-state index contributed by atoms with van der Waals surface area (Å²) < 4.78 is 5.38. The monoisotopic (exact) mass is 253 g/mol. The Labute approximate surface area is 101 Å². The number of aromatic nitrogens is 2. The number of carboxylic acids is 1. The predicted molar refractivity (Wildman–Crippen MR) is 62.4 cm³/mol. The van der Waals surface area contributed by atoms with E-state index >= 15 is 0 Å². The molecule has 0 aromatic carbocycles. The van der Waals surface area contributed by atoms with E-state index in [2.05, 4.69) is 15.3 Å². The van der Waals surface area contributed by atoms with Crippen LogP contribution < -0.4 is 5.32 Å². The highest BCUT2D eigenvalue weighted by atomic mass is 32.1. The number of aromatic carboxylic acids is 1. The zero-order chi connectivity index (χ0) is 12.4. The van der Waals surface area contributed by atoms with Crippen LogP contribution in [0.3, 0.4) is 0 Å². The molecule has 0 unspecified atom stereocenters. The SMILES string of the molecule is Cc1nc(CNc2scnc2C(=O)O)oc1C. The molecule has 2 aromatic heterocycles. The van der Waals surface area contributed by atoms with E-state index in [1.54, 1.807) is 0 Å². The van der Waals surface area contributed by atoms with E-state index < -0.39 is 5.97 Å². The Hall–Kier alpha value is -1.89. The number of carboxylic acid groups (broad SMARTS) is 1. The Morgan fingerprint density at radius 1 is 1.59 bits per heavy atom. The van der Waals surface area contributed by atoms with Crippen LogP contribution in [0.4, 0.5) is 5.00 Å². The van der Waals surface area contributed by atoms with Gasteiger partial charge in [-0.05, 0) is 13.8 Å². The average Bonchev–Trinajstić information content (AvgIpc) is 2.83. The first-order chi connectivity index (χ1) is 8.08. The third-order valence-electron chi connectivity index (χ3n) is 2.24. The topological polar surface area (TPSA) is 88.2 Å². The summed E-state index contributed by atoms with van der Waals surface area (Å²) in [5.74, 6) is 0.253. The maximum absolute atomic E-state index is 10.8. The van der Waals surface area contributed by atoms with Gasteiger partial charge >= 0.3 is 5.97 Å². The van der Waals surface area contributed by atoms with Crippen LogP contribution in [-0.4, -0.2) is 21.0 Å². The van der Waals surface area contributed by atoms with E-state index in [0.29, 0.717) is 17.4 Å². The minimum absolute atomic E-state index is 0.0231. The van der Waals surface area contributed by atoms with Gasteiger partial charge in [0.1, 0.15) is 10.8 Å². The van der Waals surface area contributed by atoms with Gasteiger partial charge in [0.15, 0.2) is 5.69 Å². The van der Waals surface area contributed by atoms with Crippen molar-refractivity contribution in [2.24, 2.45) is 0 Å². The first kappa shape index (κ1) is 11.6. The van der Waals surface area contributed by atoms with Gasteiger partial charge in [0.05, 0.1) is 17.7 Å². The molecule has 0 spiro atoms. The molecular formula is C10H11N3O3S. The molecule has 2 aromatic rings. The summed E-state index contributed by atoms with van der Waals surface area (Å²) in [7, 11) is 0. The molecule has 7 heteroatoms. The van der Waals surface area contributed by atoms with Crippen molar-refractivity contribution in [3.63, 3.8) is 0 Å². The first-order valence-electron chi connectivity index (χ1n) is 4.91. The van der Waals surface area contributed by atoms with Gasteiger partial charge in [0.2, 0.25) is 5.89 Å². The summed E-state index contributed by atoms with van der Waals surface area (Å²) in [4.78, 5) is 18.8. The first-order valence-corrected chi connectivity index (χ1v) is 5.79. The smallest absolute Gasteiger partial charge is 0.357 e. The summed E-state index contributed by atoms with van der Waals surface area (Å²) in [6, 6.07) is 0. The van der Waals surface area contributed by atoms with E-state index in [1.165, 1.54) is 16.8 Å². The highest BCUT2D eigenvalue weighted by Crippen LogP contribution is 2.21. The zero-order valence-electron chi connectivity index (χ0n) is 9.35. The van der Waals surface area contributed by atoms with Crippen molar-refractivity contribution in [2.75, 3.05) is 5.32 Å². The van der Waals surface area contributed by atoms with Gasteiger partial charge in [0, 0.05) is 0 Å². The maximum Gasteiger partial charge on any atom is 0.357 e. The van der Waals surface area contributed by atoms with E-state index in [9.17, 15) is 4.79 Å². The van der Waals surface area contributed by atoms with Gasteiger partial charge < -0.3 is 14.8 Å². The molecule has 2 N–H and O–H groups in total. The normalized spacial score (nSPS) is 10.5. The van der Waals surface area contributed by atoms with Gasteiger partial charge in [-0.1, -0.05) is 0 Å². The summed E-state index contributed by atoms with van der Waals surface area (Å²) in [6.45, 7) is 4.04. The van der Waals surface area contributed by atoms with Crippen LogP contribution >= 0.6 is 11.3 Å². The van der Waals surface area contributed by atoms with E-state index in [4.69, 9.17) is 9.52 Å². The second-order valence-corrected chi connectivity index (χ2v) is 4.29. The Morgan fingerprint density at radius 2 is 2.35 bits per heavy atom. The van der Waals surface area contributed by atoms with Crippen LogP contribution in [0.2, 0.25) is 0 Å². The summed E-state index contributed by atoms with van der Waals surface area (Å²) in [6.07, 6.45) is 0. The van der Waals surface area contributed by atoms with Crippen molar-refractivity contribution < 1.29 is 14.3 Å². The quantitative estimate of drug-likeness (QED) is 0.867. The summed E-state index contributed by atoms with van der Waals surface area (Å²) in [5.41, 5.74) is 2.34. The molecule has 0 aliphatic carbocycles. The number of hydrogen-bond acceptors (Lipinski definition) is 6. The molecule has 17 heavy (non-hydrogen) atoms. The summed E-state index contributed by atoms with van der Waals surface area (Å²) >= 11 is 1.24. The second kappa shape index (κ2) is 4.54. The number of hydrogen-bond donors (Lipinski definition) is 2. The van der Waals surface area contributed by atoms with Gasteiger partial charge in [-0.2, -0.15) is 0 Å². The molecule has 0 saturated carbocycles. The molecule has 6 nitrogen and oxygen atoms in total. The fourth-order valence-corrected chi connectivity index (χ4v) is 1.97. The van der Waals surface area contributed by atoms with E-state index in [-0.39, 0.29) is 5.69 Å². The Kier molecular flexibility index (Phi) is 3.10. The van der Waals surface area contributed by atoms with E-state index in [0.717, 1.165) is 11.5 Å². The molecule has 0 fully saturated rings. The lowest BCUT2D eigenvalue weighted by Gasteiger charge is -2.00. The lowest BCUT2D eigenvalue weighted by atomic mass is 10.4. The van der Waals surface area contributed by atoms with Crippen LogP contribution in [0, 0.1) is 13.8 Å². The molecule has 0 radical (unpaired) electrons. The van der Waals surface area contributed by atoms with Gasteiger partial charge in [-0.15, -0.1) is 11.3 Å². The highest BCUT2D eigenvalue weighted by Gasteiger charge is 2.14. The van der Waals surface area contributed by atoms with Gasteiger partial charge in [-0.25, -0.2) is 14.8 Å². The number of carbonyl (C=O) groups is 1. The molecule has 90 valence electrons. The summed E-state index contributed by atoms with van der Waals surface area (Å²) in [5, 5.41) is 12.3. The van der Waals surface area contributed by atoms with Crippen molar-refractivity contribution in [3.05, 3.63) is 28.5 Å². The molecule has 0 aliphatic heterocycles.